The summed E-state index contributed by atoms with van der Waals surface area (Å²) >= 11 is 1.36. The SMILES string of the molecule is O=C(NCCC(=O)N1CCOCC1)c1csc(Nc2ccccc2)n1. The van der Waals surface area contributed by atoms with Crippen molar-refractivity contribution in [1.29, 1.82) is 0 Å². The Morgan fingerprint density at radius 3 is 2.72 bits per heavy atom. The summed E-state index contributed by atoms with van der Waals surface area (Å²) in [5, 5.41) is 8.25. The first-order chi connectivity index (χ1) is 12.2. The Hall–Kier alpha value is -2.45. The minimum absolute atomic E-state index is 0.0355. The fourth-order valence-electron chi connectivity index (χ4n) is 2.42. The van der Waals surface area contributed by atoms with Gasteiger partial charge in [-0.3, -0.25) is 9.59 Å². The Morgan fingerprint density at radius 2 is 1.96 bits per heavy atom. The van der Waals surface area contributed by atoms with Crippen LogP contribution in [0.4, 0.5) is 10.8 Å². The summed E-state index contributed by atoms with van der Waals surface area (Å²) in [7, 11) is 0. The molecular weight excluding hydrogens is 340 g/mol. The first-order valence-corrected chi connectivity index (χ1v) is 9.01. The van der Waals surface area contributed by atoms with E-state index in [9.17, 15) is 9.59 Å². The van der Waals surface area contributed by atoms with Crippen molar-refractivity contribution in [1.82, 2.24) is 15.2 Å². The molecule has 0 spiro atoms. The predicted molar refractivity (Wildman–Crippen MR) is 96.2 cm³/mol. The molecule has 25 heavy (non-hydrogen) atoms. The van der Waals surface area contributed by atoms with Crippen LogP contribution in [0.1, 0.15) is 16.9 Å². The molecule has 1 aliphatic heterocycles. The summed E-state index contributed by atoms with van der Waals surface area (Å²) in [6.07, 6.45) is 0.283. The van der Waals surface area contributed by atoms with E-state index in [1.807, 2.05) is 30.3 Å². The third kappa shape index (κ3) is 5.01. The number of aromatic nitrogens is 1. The molecule has 1 aliphatic rings. The van der Waals surface area contributed by atoms with Gasteiger partial charge < -0.3 is 20.3 Å². The van der Waals surface area contributed by atoms with Crippen LogP contribution in [0.3, 0.4) is 0 Å². The van der Waals surface area contributed by atoms with E-state index in [0.29, 0.717) is 43.7 Å². The van der Waals surface area contributed by atoms with Crippen LogP contribution in [0.2, 0.25) is 0 Å². The summed E-state index contributed by atoms with van der Waals surface area (Å²) in [5.74, 6) is -0.236. The number of hydrogen-bond donors (Lipinski definition) is 2. The van der Waals surface area contributed by atoms with E-state index in [2.05, 4.69) is 15.6 Å². The van der Waals surface area contributed by atoms with Gasteiger partial charge in [-0.1, -0.05) is 18.2 Å². The van der Waals surface area contributed by atoms with Gasteiger partial charge in [0, 0.05) is 37.1 Å². The van der Waals surface area contributed by atoms with Gasteiger partial charge >= 0.3 is 0 Å². The lowest BCUT2D eigenvalue weighted by Crippen LogP contribution is -2.42. The molecule has 0 radical (unpaired) electrons. The number of nitrogens with one attached hydrogen (secondary N) is 2. The minimum Gasteiger partial charge on any atom is -0.378 e. The molecule has 2 amide bonds. The van der Waals surface area contributed by atoms with Crippen molar-refractivity contribution in [3.05, 3.63) is 41.4 Å². The molecule has 2 aromatic rings. The molecular formula is C17H20N4O3S. The molecule has 2 N–H and O–H groups in total. The molecule has 0 atom stereocenters. The van der Waals surface area contributed by atoms with Crippen LogP contribution >= 0.6 is 11.3 Å². The number of benzene rings is 1. The molecule has 0 aliphatic carbocycles. The minimum atomic E-state index is -0.271. The summed E-state index contributed by atoms with van der Waals surface area (Å²) in [4.78, 5) is 30.2. The third-order valence-electron chi connectivity index (χ3n) is 3.75. The first-order valence-electron chi connectivity index (χ1n) is 8.14. The maximum absolute atomic E-state index is 12.1. The van der Waals surface area contributed by atoms with Gasteiger partial charge in [0.2, 0.25) is 5.91 Å². The second-order valence-corrected chi connectivity index (χ2v) is 6.39. The van der Waals surface area contributed by atoms with Crippen molar-refractivity contribution in [3.63, 3.8) is 0 Å². The highest BCUT2D eigenvalue weighted by Gasteiger charge is 2.17. The van der Waals surface area contributed by atoms with E-state index in [1.165, 1.54) is 11.3 Å². The average molecular weight is 360 g/mol. The average Bonchev–Trinajstić information content (AvgIpc) is 3.12. The van der Waals surface area contributed by atoms with E-state index in [0.717, 1.165) is 5.69 Å². The van der Waals surface area contributed by atoms with Crippen LogP contribution in [0.25, 0.3) is 0 Å². The van der Waals surface area contributed by atoms with Crippen molar-refractivity contribution >= 4 is 34.0 Å². The molecule has 0 unspecified atom stereocenters. The van der Waals surface area contributed by atoms with Gasteiger partial charge in [0.05, 0.1) is 13.2 Å². The number of amides is 2. The van der Waals surface area contributed by atoms with Gasteiger partial charge in [0.15, 0.2) is 5.13 Å². The smallest absolute Gasteiger partial charge is 0.270 e. The van der Waals surface area contributed by atoms with Crippen LogP contribution in [0.15, 0.2) is 35.7 Å². The van der Waals surface area contributed by atoms with Crippen LogP contribution in [-0.2, 0) is 9.53 Å². The van der Waals surface area contributed by atoms with Crippen LogP contribution in [0.5, 0.6) is 0 Å². The molecule has 1 aromatic heterocycles. The standard InChI is InChI=1S/C17H20N4O3S/c22-15(21-8-10-24-11-9-21)6-7-18-16(23)14-12-25-17(20-14)19-13-4-2-1-3-5-13/h1-5,12H,6-11H2,(H,18,23)(H,19,20). The number of rotatable bonds is 6. The lowest BCUT2D eigenvalue weighted by atomic mass is 10.3. The number of para-hydroxylation sites is 1. The Balaban J connectivity index is 1.44. The molecule has 132 valence electrons. The lowest BCUT2D eigenvalue weighted by Gasteiger charge is -2.26. The summed E-state index contributed by atoms with van der Waals surface area (Å²) in [6.45, 7) is 2.69. The lowest BCUT2D eigenvalue weighted by molar-refractivity contribution is -0.135. The van der Waals surface area contributed by atoms with Gasteiger partial charge in [0.25, 0.3) is 5.91 Å². The summed E-state index contributed by atoms with van der Waals surface area (Å²) in [6, 6.07) is 9.64. The normalized spacial score (nSPS) is 14.2. The van der Waals surface area contributed by atoms with Gasteiger partial charge in [-0.25, -0.2) is 4.98 Å². The molecule has 0 saturated carbocycles. The highest BCUT2D eigenvalue weighted by molar-refractivity contribution is 7.14. The Labute approximate surface area is 150 Å². The maximum atomic E-state index is 12.1. The monoisotopic (exact) mass is 360 g/mol. The molecule has 3 rings (SSSR count). The number of hydrogen-bond acceptors (Lipinski definition) is 6. The van der Waals surface area contributed by atoms with Gasteiger partial charge in [-0.15, -0.1) is 11.3 Å². The van der Waals surface area contributed by atoms with Crippen LogP contribution in [0, 0.1) is 0 Å². The number of nitrogens with zero attached hydrogens (tertiary/aromatic N) is 2. The second-order valence-electron chi connectivity index (χ2n) is 5.53. The van der Waals surface area contributed by atoms with E-state index >= 15 is 0 Å². The zero-order chi connectivity index (χ0) is 17.5. The Kier molecular flexibility index (Phi) is 5.97. The molecule has 1 aromatic carbocycles. The zero-order valence-electron chi connectivity index (χ0n) is 13.7. The van der Waals surface area contributed by atoms with E-state index in [-0.39, 0.29) is 18.2 Å². The molecule has 1 fully saturated rings. The third-order valence-corrected chi connectivity index (χ3v) is 4.51. The molecule has 2 heterocycles. The number of carbonyl (C=O) groups excluding carboxylic acids is 2. The quantitative estimate of drug-likeness (QED) is 0.822. The van der Waals surface area contributed by atoms with Crippen LogP contribution < -0.4 is 10.6 Å². The Bertz CT molecular complexity index is 714. The van der Waals surface area contributed by atoms with Gasteiger partial charge in [0.1, 0.15) is 5.69 Å². The fourth-order valence-corrected chi connectivity index (χ4v) is 3.14. The molecule has 8 heteroatoms. The van der Waals surface area contributed by atoms with Crippen molar-refractivity contribution in [2.75, 3.05) is 38.2 Å². The number of ether oxygens (including phenoxy) is 1. The molecule has 7 nitrogen and oxygen atoms in total. The zero-order valence-corrected chi connectivity index (χ0v) is 14.6. The number of morpholine rings is 1. The first kappa shape index (κ1) is 17.4. The van der Waals surface area contributed by atoms with Crippen molar-refractivity contribution in [3.8, 4) is 0 Å². The Morgan fingerprint density at radius 1 is 1.20 bits per heavy atom. The van der Waals surface area contributed by atoms with Crippen molar-refractivity contribution in [2.45, 2.75) is 6.42 Å². The maximum Gasteiger partial charge on any atom is 0.270 e. The highest BCUT2D eigenvalue weighted by Crippen LogP contribution is 2.20. The fraction of sp³-hybridized carbons (Fsp3) is 0.353. The highest BCUT2D eigenvalue weighted by atomic mass is 32.1. The molecule has 1 saturated heterocycles. The van der Waals surface area contributed by atoms with Gasteiger partial charge in [-0.2, -0.15) is 0 Å². The van der Waals surface area contributed by atoms with Crippen LogP contribution in [-0.4, -0.2) is 54.5 Å². The molecule has 0 bridgehead atoms. The van der Waals surface area contributed by atoms with E-state index < -0.39 is 0 Å². The number of anilines is 2. The van der Waals surface area contributed by atoms with E-state index in [4.69, 9.17) is 4.74 Å². The summed E-state index contributed by atoms with van der Waals surface area (Å²) in [5.41, 5.74) is 1.27. The topological polar surface area (TPSA) is 83.6 Å². The largest absolute Gasteiger partial charge is 0.378 e. The second kappa shape index (κ2) is 8.59. The van der Waals surface area contributed by atoms with Crippen molar-refractivity contribution < 1.29 is 14.3 Å². The number of thiazole rings is 1. The predicted octanol–water partition coefficient (Wildman–Crippen LogP) is 1.87. The number of carbonyl (C=O) groups is 2. The summed E-state index contributed by atoms with van der Waals surface area (Å²) < 4.78 is 5.22. The van der Waals surface area contributed by atoms with Crippen molar-refractivity contribution in [2.24, 2.45) is 0 Å². The van der Waals surface area contributed by atoms with Gasteiger partial charge in [-0.05, 0) is 12.1 Å². The van der Waals surface area contributed by atoms with E-state index in [1.54, 1.807) is 10.3 Å².